The first-order chi connectivity index (χ1) is 19.5. The summed E-state index contributed by atoms with van der Waals surface area (Å²) in [6, 6.07) is 4.07. The van der Waals surface area contributed by atoms with Gasteiger partial charge in [0, 0.05) is 41.7 Å². The highest BCUT2D eigenvalue weighted by atomic mass is 32.2. The lowest BCUT2D eigenvalue weighted by molar-refractivity contribution is -0.129. The fourth-order valence-electron chi connectivity index (χ4n) is 5.10. The van der Waals surface area contributed by atoms with E-state index in [-0.39, 0.29) is 35.2 Å². The van der Waals surface area contributed by atoms with E-state index in [4.69, 9.17) is 0 Å². The molecule has 42 heavy (non-hydrogen) atoms. The third-order valence-electron chi connectivity index (χ3n) is 7.22. The molecule has 1 aliphatic carbocycles. The van der Waals surface area contributed by atoms with E-state index in [0.717, 1.165) is 18.6 Å². The van der Waals surface area contributed by atoms with Crippen LogP contribution < -0.4 is 15.6 Å². The molecule has 0 aliphatic heterocycles. The van der Waals surface area contributed by atoms with Crippen LogP contribution in [0, 0.1) is 5.82 Å². The lowest BCUT2D eigenvalue weighted by Crippen LogP contribution is -2.44. The maximum absolute atomic E-state index is 14.9. The van der Waals surface area contributed by atoms with Crippen LogP contribution in [0.5, 0.6) is 0 Å². The molecule has 3 aromatic rings. The van der Waals surface area contributed by atoms with Crippen molar-refractivity contribution in [1.29, 1.82) is 0 Å². The Bertz CT molecular complexity index is 1610. The van der Waals surface area contributed by atoms with E-state index in [1.807, 2.05) is 23.7 Å². The van der Waals surface area contributed by atoms with E-state index in [1.165, 1.54) is 22.9 Å². The van der Waals surface area contributed by atoms with Crippen LogP contribution in [0.15, 0.2) is 35.3 Å². The van der Waals surface area contributed by atoms with Gasteiger partial charge in [-0.15, -0.1) is 0 Å². The maximum atomic E-state index is 14.9. The maximum Gasteiger partial charge on any atom is 0.390 e. The average molecular weight is 617 g/mol. The van der Waals surface area contributed by atoms with E-state index in [1.54, 1.807) is 13.8 Å². The van der Waals surface area contributed by atoms with Crippen molar-refractivity contribution in [3.8, 4) is 11.1 Å². The molecule has 0 unspecified atom stereocenters. The Hall–Kier alpha value is -3.33. The first-order valence-corrected chi connectivity index (χ1v) is 15.1. The molecule has 0 bridgehead atoms. The van der Waals surface area contributed by atoms with Crippen molar-refractivity contribution in [2.24, 2.45) is 0 Å². The number of hydrogen-bond acceptors (Lipinski definition) is 7. The predicted molar refractivity (Wildman–Crippen MR) is 151 cm³/mol. The summed E-state index contributed by atoms with van der Waals surface area (Å²) in [5.41, 5.74) is -0.492. The second kappa shape index (κ2) is 12.1. The first-order valence-electron chi connectivity index (χ1n) is 13.4. The molecule has 1 aliphatic rings. The predicted octanol–water partition coefficient (Wildman–Crippen LogP) is 5.11. The van der Waals surface area contributed by atoms with Gasteiger partial charge in [-0.05, 0) is 64.5 Å². The van der Waals surface area contributed by atoms with E-state index in [2.05, 4.69) is 15.3 Å². The number of sulfonamides is 1. The van der Waals surface area contributed by atoms with Gasteiger partial charge in [0.25, 0.3) is 5.56 Å². The second-order valence-corrected chi connectivity index (χ2v) is 12.8. The number of benzene rings is 1. The van der Waals surface area contributed by atoms with Crippen molar-refractivity contribution < 1.29 is 30.4 Å². The lowest BCUT2D eigenvalue weighted by atomic mass is 9.89. The van der Waals surface area contributed by atoms with Gasteiger partial charge in [0.15, 0.2) is 0 Å². The second-order valence-electron chi connectivity index (χ2n) is 11.0. The van der Waals surface area contributed by atoms with E-state index < -0.39 is 51.6 Å². The molecule has 1 aromatic carbocycles. The Morgan fingerprint density at radius 3 is 2.48 bits per heavy atom. The molecule has 2 heterocycles. The van der Waals surface area contributed by atoms with Gasteiger partial charge < -0.3 is 10.2 Å². The van der Waals surface area contributed by atoms with Gasteiger partial charge >= 0.3 is 6.18 Å². The molecular formula is C27H33F5N6O3S. The summed E-state index contributed by atoms with van der Waals surface area (Å²) in [5, 5.41) is 3.65. The Balaban J connectivity index is 1.62. The molecule has 0 radical (unpaired) electrons. The summed E-state index contributed by atoms with van der Waals surface area (Å²) >= 11 is 0. The number of halogens is 5. The van der Waals surface area contributed by atoms with Crippen molar-refractivity contribution in [1.82, 2.24) is 19.4 Å². The summed E-state index contributed by atoms with van der Waals surface area (Å²) in [6.45, 7) is 3.55. The van der Waals surface area contributed by atoms with E-state index in [0.29, 0.717) is 23.9 Å². The molecule has 1 saturated carbocycles. The van der Waals surface area contributed by atoms with E-state index in [9.17, 15) is 35.2 Å². The number of anilines is 2. The SMILES string of the molecule is CC(C)n1c(=O)c(-c2ccc(NS(=O)(=O)CCC(F)(F)F)c(F)c2)cc2cnc(N[C@H]3CC[C@H](N(C)C)[C@@H](F)C3)nc21. The lowest BCUT2D eigenvalue weighted by Gasteiger charge is -2.35. The largest absolute Gasteiger partial charge is 0.390 e. The van der Waals surface area contributed by atoms with Crippen LogP contribution in [0.25, 0.3) is 22.2 Å². The summed E-state index contributed by atoms with van der Waals surface area (Å²) in [7, 11) is -0.767. The van der Waals surface area contributed by atoms with Gasteiger partial charge in [0.1, 0.15) is 17.6 Å². The Kier molecular flexibility index (Phi) is 9.11. The van der Waals surface area contributed by atoms with Crippen molar-refractivity contribution in [3.63, 3.8) is 0 Å². The summed E-state index contributed by atoms with van der Waals surface area (Å²) < 4.78 is 94.2. The van der Waals surface area contributed by atoms with Gasteiger partial charge in [-0.2, -0.15) is 18.2 Å². The van der Waals surface area contributed by atoms with Gasteiger partial charge in [-0.1, -0.05) is 6.07 Å². The van der Waals surface area contributed by atoms with Crippen LogP contribution in [0.4, 0.5) is 33.6 Å². The third-order valence-corrected chi connectivity index (χ3v) is 8.50. The molecule has 1 fully saturated rings. The third kappa shape index (κ3) is 7.35. The summed E-state index contributed by atoms with van der Waals surface area (Å²) in [6.07, 6.45) is -4.09. The zero-order chi connectivity index (χ0) is 31.0. The van der Waals surface area contributed by atoms with Crippen LogP contribution in [0.1, 0.15) is 45.6 Å². The Morgan fingerprint density at radius 2 is 1.88 bits per heavy atom. The molecule has 0 saturated heterocycles. The standard InChI is InChI=1S/C27H33F5N6O3S/c1-15(2)38-24-17(14-33-26(35-24)34-18-6-8-23(37(3)4)21(29)13-18)11-19(25(38)39)16-5-7-22(20(28)12-16)36-42(40,41)10-9-27(30,31)32/h5,7,11-12,14-15,18,21,23,36H,6,8-10,13H2,1-4H3,(H,33,34,35)/t18-,21-,23-/m0/s1. The zero-order valence-electron chi connectivity index (χ0n) is 23.5. The number of rotatable bonds is 9. The van der Waals surface area contributed by atoms with Crippen LogP contribution in [-0.2, 0) is 10.0 Å². The van der Waals surface area contributed by atoms with Crippen molar-refractivity contribution in [3.05, 3.63) is 46.6 Å². The molecule has 2 aromatic heterocycles. The minimum Gasteiger partial charge on any atom is -0.351 e. The molecule has 15 heteroatoms. The number of nitrogens with one attached hydrogen (secondary N) is 2. The quantitative estimate of drug-likeness (QED) is 0.322. The number of hydrogen-bond donors (Lipinski definition) is 2. The molecule has 4 rings (SSSR count). The fraction of sp³-hybridized carbons (Fsp3) is 0.519. The highest BCUT2D eigenvalue weighted by Gasteiger charge is 2.32. The summed E-state index contributed by atoms with van der Waals surface area (Å²) in [4.78, 5) is 24.3. The molecule has 3 atom stereocenters. The number of pyridine rings is 1. The zero-order valence-corrected chi connectivity index (χ0v) is 24.4. The van der Waals surface area contributed by atoms with Gasteiger partial charge in [0.05, 0.1) is 17.9 Å². The topological polar surface area (TPSA) is 109 Å². The minimum absolute atomic E-state index is 0.0909. The van der Waals surface area contributed by atoms with Crippen LogP contribution in [-0.4, -0.2) is 72.1 Å². The average Bonchev–Trinajstić information content (AvgIpc) is 2.87. The minimum atomic E-state index is -4.69. The smallest absolute Gasteiger partial charge is 0.351 e. The normalized spacial score (nSPS) is 19.9. The molecule has 0 spiro atoms. The monoisotopic (exact) mass is 616 g/mol. The van der Waals surface area contributed by atoms with E-state index >= 15 is 0 Å². The molecule has 230 valence electrons. The number of nitrogens with zero attached hydrogens (tertiary/aromatic N) is 4. The van der Waals surface area contributed by atoms with Gasteiger partial charge in [0.2, 0.25) is 16.0 Å². The molecule has 9 nitrogen and oxygen atoms in total. The number of fused-ring (bicyclic) bond motifs is 1. The van der Waals surface area contributed by atoms with Crippen molar-refractivity contribution in [2.75, 3.05) is 29.9 Å². The van der Waals surface area contributed by atoms with Gasteiger partial charge in [-0.25, -0.2) is 22.2 Å². The highest BCUT2D eigenvalue weighted by molar-refractivity contribution is 7.92. The van der Waals surface area contributed by atoms with Crippen LogP contribution in [0.3, 0.4) is 0 Å². The molecular weight excluding hydrogens is 583 g/mol. The van der Waals surface area contributed by atoms with Crippen LogP contribution in [0.2, 0.25) is 0 Å². The van der Waals surface area contributed by atoms with Crippen LogP contribution >= 0.6 is 0 Å². The Morgan fingerprint density at radius 1 is 1.17 bits per heavy atom. The van der Waals surface area contributed by atoms with Gasteiger partial charge in [-0.3, -0.25) is 14.1 Å². The molecule has 0 amide bonds. The molecule has 2 N–H and O–H groups in total. The number of alkyl halides is 4. The number of aromatic nitrogens is 3. The first kappa shape index (κ1) is 31.6. The summed E-state index contributed by atoms with van der Waals surface area (Å²) in [5.74, 6) is -2.08. The Labute approximate surface area is 240 Å². The van der Waals surface area contributed by atoms with Crippen molar-refractivity contribution >= 4 is 32.7 Å². The van der Waals surface area contributed by atoms with Crippen molar-refractivity contribution in [2.45, 2.75) is 70.0 Å². The highest BCUT2D eigenvalue weighted by Crippen LogP contribution is 2.29. The fourth-order valence-corrected chi connectivity index (χ4v) is 6.21.